The van der Waals surface area contributed by atoms with Crippen LogP contribution >= 0.6 is 0 Å². The molecule has 0 saturated carbocycles. The van der Waals surface area contributed by atoms with Crippen LogP contribution in [0.2, 0.25) is 0 Å². The number of hydrogen-bond acceptors (Lipinski definition) is 3. The van der Waals surface area contributed by atoms with Crippen molar-refractivity contribution in [2.45, 2.75) is 25.7 Å². The largest absolute Gasteiger partial charge is 0.335 e. The molecule has 0 aromatic carbocycles. The van der Waals surface area contributed by atoms with Gasteiger partial charge in [0.05, 0.1) is 13.2 Å². The van der Waals surface area contributed by atoms with E-state index in [0.717, 1.165) is 12.8 Å². The van der Waals surface area contributed by atoms with Gasteiger partial charge >= 0.3 is 0 Å². The van der Waals surface area contributed by atoms with Gasteiger partial charge < -0.3 is 9.47 Å². The Hall–Kier alpha value is -0.120. The van der Waals surface area contributed by atoms with Gasteiger partial charge in [-0.1, -0.05) is 6.92 Å². The summed E-state index contributed by atoms with van der Waals surface area (Å²) in [6.07, 6.45) is 1.78. The molecule has 1 fully saturated rings. The zero-order chi connectivity index (χ0) is 6.74. The van der Waals surface area contributed by atoms with Crippen molar-refractivity contribution in [2.24, 2.45) is 5.73 Å². The van der Waals surface area contributed by atoms with Crippen molar-refractivity contribution < 1.29 is 9.47 Å². The van der Waals surface area contributed by atoms with E-state index in [1.807, 2.05) is 0 Å². The second kappa shape index (κ2) is 2.64. The highest BCUT2D eigenvalue weighted by Crippen LogP contribution is 2.17. The molecule has 0 bridgehead atoms. The van der Waals surface area contributed by atoms with Crippen LogP contribution in [-0.2, 0) is 9.47 Å². The molecule has 1 aliphatic heterocycles. The van der Waals surface area contributed by atoms with Crippen molar-refractivity contribution in [1.82, 2.24) is 0 Å². The smallest absolute Gasteiger partial charge is 0.224 e. The predicted molar refractivity (Wildman–Crippen MR) is 33.7 cm³/mol. The average Bonchev–Trinajstić information content (AvgIpc) is 2.16. The highest BCUT2D eigenvalue weighted by Gasteiger charge is 2.30. The Morgan fingerprint density at radius 3 is 2.44 bits per heavy atom. The molecule has 3 nitrogen and oxygen atoms in total. The maximum atomic E-state index is 5.63. The molecule has 3 heteroatoms. The summed E-state index contributed by atoms with van der Waals surface area (Å²) in [7, 11) is 0. The fourth-order valence-electron chi connectivity index (χ4n) is 0.963. The summed E-state index contributed by atoms with van der Waals surface area (Å²) in [5, 5.41) is 0. The summed E-state index contributed by atoms with van der Waals surface area (Å²) in [5.41, 5.74) is 5.63. The van der Waals surface area contributed by atoms with Crippen LogP contribution in [0.5, 0.6) is 0 Å². The van der Waals surface area contributed by atoms with Crippen LogP contribution in [0.4, 0.5) is 0 Å². The Morgan fingerprint density at radius 1 is 1.44 bits per heavy atom. The molecule has 1 rings (SSSR count). The molecule has 1 heterocycles. The van der Waals surface area contributed by atoms with Crippen molar-refractivity contribution in [3.63, 3.8) is 0 Å². The van der Waals surface area contributed by atoms with Gasteiger partial charge in [-0.2, -0.15) is 0 Å². The highest BCUT2D eigenvalue weighted by molar-refractivity contribution is 4.64. The van der Waals surface area contributed by atoms with E-state index in [1.165, 1.54) is 0 Å². The van der Waals surface area contributed by atoms with E-state index in [-0.39, 0.29) is 0 Å². The van der Waals surface area contributed by atoms with Crippen molar-refractivity contribution in [1.29, 1.82) is 0 Å². The van der Waals surface area contributed by atoms with E-state index in [4.69, 9.17) is 15.2 Å². The molecule has 0 atom stereocenters. The number of hydrogen-bond donors (Lipinski definition) is 1. The first-order valence-electron chi connectivity index (χ1n) is 3.33. The zero-order valence-corrected chi connectivity index (χ0v) is 5.72. The van der Waals surface area contributed by atoms with Gasteiger partial charge in [-0.15, -0.1) is 0 Å². The van der Waals surface area contributed by atoms with E-state index < -0.39 is 5.91 Å². The molecular weight excluding hydrogens is 118 g/mol. The normalized spacial score (nSPS) is 24.7. The molecule has 0 aliphatic carbocycles. The Labute approximate surface area is 55.1 Å². The summed E-state index contributed by atoms with van der Waals surface area (Å²) >= 11 is 0. The minimum Gasteiger partial charge on any atom is -0.335 e. The van der Waals surface area contributed by atoms with Gasteiger partial charge in [0.15, 0.2) is 0 Å². The molecule has 0 spiro atoms. The van der Waals surface area contributed by atoms with Crippen LogP contribution in [-0.4, -0.2) is 19.1 Å². The standard InChI is InChI=1S/C6H13NO2/c1-2-3-6(7)8-4-5-9-6/h2-5,7H2,1H3. The lowest BCUT2D eigenvalue weighted by Gasteiger charge is -2.20. The second-order valence-corrected chi connectivity index (χ2v) is 2.26. The average molecular weight is 131 g/mol. The number of rotatable bonds is 2. The molecular formula is C6H13NO2. The first kappa shape index (κ1) is 6.99. The Morgan fingerprint density at radius 2 is 2.00 bits per heavy atom. The lowest BCUT2D eigenvalue weighted by atomic mass is 10.3. The van der Waals surface area contributed by atoms with Gasteiger partial charge in [0.1, 0.15) is 0 Å². The summed E-state index contributed by atoms with van der Waals surface area (Å²) in [4.78, 5) is 0. The molecule has 0 aromatic heterocycles. The Bertz CT molecular complexity index is 89.1. The van der Waals surface area contributed by atoms with Crippen molar-refractivity contribution in [3.8, 4) is 0 Å². The third-order valence-electron chi connectivity index (χ3n) is 1.37. The topological polar surface area (TPSA) is 44.5 Å². The Balaban J connectivity index is 2.32. The third kappa shape index (κ3) is 1.64. The molecule has 1 aliphatic rings. The highest BCUT2D eigenvalue weighted by atomic mass is 16.8. The van der Waals surface area contributed by atoms with E-state index in [0.29, 0.717) is 13.2 Å². The molecule has 54 valence electrons. The Kier molecular flexibility index (Phi) is 2.05. The minimum absolute atomic E-state index is 0.635. The molecule has 9 heavy (non-hydrogen) atoms. The first-order valence-corrected chi connectivity index (χ1v) is 3.33. The van der Waals surface area contributed by atoms with Crippen molar-refractivity contribution >= 4 is 0 Å². The third-order valence-corrected chi connectivity index (χ3v) is 1.37. The summed E-state index contributed by atoms with van der Waals surface area (Å²) in [5.74, 6) is -0.755. The van der Waals surface area contributed by atoms with Crippen molar-refractivity contribution in [2.75, 3.05) is 13.2 Å². The minimum atomic E-state index is -0.755. The van der Waals surface area contributed by atoms with Gasteiger partial charge in [-0.25, -0.2) is 0 Å². The number of nitrogens with two attached hydrogens (primary N) is 1. The summed E-state index contributed by atoms with van der Waals surface area (Å²) in [6, 6.07) is 0. The monoisotopic (exact) mass is 131 g/mol. The first-order chi connectivity index (χ1) is 4.27. The van der Waals surface area contributed by atoms with Crippen LogP contribution in [0.15, 0.2) is 0 Å². The van der Waals surface area contributed by atoms with Crippen LogP contribution in [0.25, 0.3) is 0 Å². The molecule has 0 unspecified atom stereocenters. The molecule has 0 radical (unpaired) electrons. The molecule has 2 N–H and O–H groups in total. The SMILES string of the molecule is CCCC1(N)OCCO1. The van der Waals surface area contributed by atoms with Gasteiger partial charge in [-0.3, -0.25) is 5.73 Å². The maximum absolute atomic E-state index is 5.63. The lowest BCUT2D eigenvalue weighted by Crippen LogP contribution is -2.40. The van der Waals surface area contributed by atoms with Gasteiger partial charge in [0.25, 0.3) is 0 Å². The molecule has 0 amide bonds. The van der Waals surface area contributed by atoms with Gasteiger partial charge in [0, 0.05) is 6.42 Å². The van der Waals surface area contributed by atoms with E-state index in [1.54, 1.807) is 0 Å². The van der Waals surface area contributed by atoms with E-state index in [2.05, 4.69) is 6.92 Å². The zero-order valence-electron chi connectivity index (χ0n) is 5.72. The summed E-state index contributed by atoms with van der Waals surface area (Å²) < 4.78 is 10.3. The quantitative estimate of drug-likeness (QED) is 0.591. The van der Waals surface area contributed by atoms with Crippen LogP contribution in [0.1, 0.15) is 19.8 Å². The van der Waals surface area contributed by atoms with Crippen molar-refractivity contribution in [3.05, 3.63) is 0 Å². The van der Waals surface area contributed by atoms with Gasteiger partial charge in [-0.05, 0) is 6.42 Å². The summed E-state index contributed by atoms with van der Waals surface area (Å²) in [6.45, 7) is 3.33. The molecule has 0 aromatic rings. The van der Waals surface area contributed by atoms with Crippen LogP contribution < -0.4 is 5.73 Å². The van der Waals surface area contributed by atoms with E-state index in [9.17, 15) is 0 Å². The molecule has 1 saturated heterocycles. The van der Waals surface area contributed by atoms with Gasteiger partial charge in [0.2, 0.25) is 5.91 Å². The maximum Gasteiger partial charge on any atom is 0.224 e. The van der Waals surface area contributed by atoms with Crippen LogP contribution in [0, 0.1) is 0 Å². The fourth-order valence-corrected chi connectivity index (χ4v) is 0.963. The van der Waals surface area contributed by atoms with E-state index >= 15 is 0 Å². The fraction of sp³-hybridized carbons (Fsp3) is 1.00. The lowest BCUT2D eigenvalue weighted by molar-refractivity contribution is -0.157. The predicted octanol–water partition coefficient (Wildman–Crippen LogP) is 0.446. The number of ether oxygens (including phenoxy) is 2. The van der Waals surface area contributed by atoms with Crippen LogP contribution in [0.3, 0.4) is 0 Å². The second-order valence-electron chi connectivity index (χ2n) is 2.26.